The van der Waals surface area contributed by atoms with Crippen LogP contribution in [0.2, 0.25) is 0 Å². The van der Waals surface area contributed by atoms with Gasteiger partial charge in [-0.3, -0.25) is 0 Å². The number of fused-ring (bicyclic) bond motifs is 1. The highest BCUT2D eigenvalue weighted by atomic mass is 16.4. The number of aromatic carboxylic acids is 1. The molecule has 5 heteroatoms. The minimum Gasteiger partial charge on any atom is -0.478 e. The van der Waals surface area contributed by atoms with Crippen molar-refractivity contribution in [2.75, 3.05) is 13.1 Å². The summed E-state index contributed by atoms with van der Waals surface area (Å²) in [4.78, 5) is 11.4. The second kappa shape index (κ2) is 7.42. The molecular weight excluding hydrogens is 278 g/mol. The first kappa shape index (κ1) is 16.5. The van der Waals surface area contributed by atoms with Crippen LogP contribution in [-0.4, -0.2) is 28.7 Å². The molecular formula is C17H25N3O2. The minimum atomic E-state index is -0.879. The van der Waals surface area contributed by atoms with E-state index in [1.165, 1.54) is 5.56 Å². The summed E-state index contributed by atoms with van der Waals surface area (Å²) in [6, 6.07) is 3.58. The monoisotopic (exact) mass is 303 g/mol. The molecule has 5 N–H and O–H groups in total. The molecule has 0 aliphatic carbocycles. The third-order valence-corrected chi connectivity index (χ3v) is 4.01. The molecule has 22 heavy (non-hydrogen) atoms. The lowest BCUT2D eigenvalue weighted by Crippen LogP contribution is -2.06. The molecule has 0 fully saturated rings. The van der Waals surface area contributed by atoms with Gasteiger partial charge in [-0.1, -0.05) is 6.92 Å². The highest BCUT2D eigenvalue weighted by Crippen LogP contribution is 2.28. The number of rotatable bonds is 8. The molecule has 0 spiro atoms. The zero-order valence-corrected chi connectivity index (χ0v) is 13.1. The van der Waals surface area contributed by atoms with E-state index in [2.05, 4.69) is 17.7 Å². The Kier molecular flexibility index (Phi) is 5.57. The fourth-order valence-electron chi connectivity index (χ4n) is 2.92. The SMILES string of the molecule is CCc1cc(C(=O)O)cc2c(CCCN)cn(CCCN)c12. The number of nitrogens with zero attached hydrogens (tertiary/aromatic N) is 1. The summed E-state index contributed by atoms with van der Waals surface area (Å²) in [6.45, 7) is 4.19. The number of hydrogen-bond donors (Lipinski definition) is 3. The van der Waals surface area contributed by atoms with Gasteiger partial charge in [-0.05, 0) is 62.0 Å². The van der Waals surface area contributed by atoms with E-state index in [1.807, 2.05) is 0 Å². The van der Waals surface area contributed by atoms with Crippen molar-refractivity contribution in [1.82, 2.24) is 4.57 Å². The highest BCUT2D eigenvalue weighted by molar-refractivity contribution is 5.96. The minimum absolute atomic E-state index is 0.356. The normalized spacial score (nSPS) is 11.2. The number of benzene rings is 1. The van der Waals surface area contributed by atoms with Gasteiger partial charge < -0.3 is 21.1 Å². The Morgan fingerprint density at radius 1 is 1.18 bits per heavy atom. The number of carboxylic acid groups (broad SMARTS) is 1. The van der Waals surface area contributed by atoms with Gasteiger partial charge in [0.1, 0.15) is 0 Å². The zero-order valence-electron chi connectivity index (χ0n) is 13.1. The molecule has 0 saturated carbocycles. The van der Waals surface area contributed by atoms with Crippen molar-refractivity contribution in [2.24, 2.45) is 11.5 Å². The number of aryl methyl sites for hydroxylation is 3. The fourth-order valence-corrected chi connectivity index (χ4v) is 2.92. The van der Waals surface area contributed by atoms with Gasteiger partial charge in [0.2, 0.25) is 0 Å². The quantitative estimate of drug-likeness (QED) is 0.696. The maximum Gasteiger partial charge on any atom is 0.335 e. The van der Waals surface area contributed by atoms with E-state index in [0.717, 1.165) is 48.7 Å². The Balaban J connectivity index is 2.61. The number of hydrogen-bond acceptors (Lipinski definition) is 3. The maximum absolute atomic E-state index is 11.4. The highest BCUT2D eigenvalue weighted by Gasteiger charge is 2.15. The van der Waals surface area contributed by atoms with Crippen LogP contribution in [0.25, 0.3) is 10.9 Å². The second-order valence-corrected chi connectivity index (χ2v) is 5.57. The van der Waals surface area contributed by atoms with Crippen molar-refractivity contribution in [3.05, 3.63) is 35.0 Å². The zero-order chi connectivity index (χ0) is 16.1. The molecule has 0 amide bonds. The van der Waals surface area contributed by atoms with Crippen molar-refractivity contribution >= 4 is 16.9 Å². The predicted octanol–water partition coefficient (Wildman–Crippen LogP) is 2.14. The molecule has 0 unspecified atom stereocenters. The number of carbonyl (C=O) groups is 1. The molecule has 2 rings (SSSR count). The van der Waals surface area contributed by atoms with Crippen LogP contribution in [0.1, 0.15) is 41.3 Å². The summed E-state index contributed by atoms with van der Waals surface area (Å²) >= 11 is 0. The molecule has 1 heterocycles. The largest absolute Gasteiger partial charge is 0.478 e. The summed E-state index contributed by atoms with van der Waals surface area (Å²) in [5, 5.41) is 10.4. The lowest BCUT2D eigenvalue weighted by atomic mass is 10.0. The average molecular weight is 303 g/mol. The Hall–Kier alpha value is -1.85. The summed E-state index contributed by atoms with van der Waals surface area (Å²) in [5.74, 6) is -0.879. The van der Waals surface area contributed by atoms with Gasteiger partial charge in [0.15, 0.2) is 0 Å². The first-order valence-corrected chi connectivity index (χ1v) is 7.90. The molecule has 0 radical (unpaired) electrons. The Morgan fingerprint density at radius 2 is 1.91 bits per heavy atom. The molecule has 1 aromatic carbocycles. The Morgan fingerprint density at radius 3 is 2.50 bits per heavy atom. The second-order valence-electron chi connectivity index (χ2n) is 5.57. The number of nitrogens with two attached hydrogens (primary N) is 2. The summed E-state index contributed by atoms with van der Waals surface area (Å²) in [5.41, 5.74) is 15.0. The fraction of sp³-hybridized carbons (Fsp3) is 0.471. The number of carboxylic acids is 1. The van der Waals surface area contributed by atoms with Gasteiger partial charge in [-0.15, -0.1) is 0 Å². The lowest BCUT2D eigenvalue weighted by molar-refractivity contribution is 0.0697. The van der Waals surface area contributed by atoms with Gasteiger partial charge in [-0.2, -0.15) is 0 Å². The first-order chi connectivity index (χ1) is 10.6. The van der Waals surface area contributed by atoms with Crippen LogP contribution in [0.15, 0.2) is 18.3 Å². The molecule has 1 aromatic heterocycles. The Bertz CT molecular complexity index is 661. The average Bonchev–Trinajstić information content (AvgIpc) is 2.87. The summed E-state index contributed by atoms with van der Waals surface area (Å²) in [6.07, 6.45) is 5.62. The molecule has 5 nitrogen and oxygen atoms in total. The molecule has 0 bridgehead atoms. The van der Waals surface area contributed by atoms with Crippen molar-refractivity contribution in [3.63, 3.8) is 0 Å². The van der Waals surface area contributed by atoms with E-state index < -0.39 is 5.97 Å². The van der Waals surface area contributed by atoms with Crippen LogP contribution in [0.4, 0.5) is 0 Å². The van der Waals surface area contributed by atoms with E-state index in [-0.39, 0.29) is 0 Å². The molecule has 0 aliphatic heterocycles. The molecule has 0 aliphatic rings. The summed E-state index contributed by atoms with van der Waals surface area (Å²) < 4.78 is 2.22. The summed E-state index contributed by atoms with van der Waals surface area (Å²) in [7, 11) is 0. The van der Waals surface area contributed by atoms with E-state index in [1.54, 1.807) is 12.1 Å². The molecule has 120 valence electrons. The van der Waals surface area contributed by atoms with Crippen molar-refractivity contribution in [3.8, 4) is 0 Å². The van der Waals surface area contributed by atoms with Gasteiger partial charge in [-0.25, -0.2) is 4.79 Å². The predicted molar refractivity (Wildman–Crippen MR) is 89.3 cm³/mol. The molecule has 0 saturated heterocycles. The molecule has 2 aromatic rings. The smallest absolute Gasteiger partial charge is 0.335 e. The molecule has 0 atom stereocenters. The van der Waals surface area contributed by atoms with Crippen LogP contribution in [0.3, 0.4) is 0 Å². The standard InChI is InChI=1S/C17H25N3O2/c1-2-12-9-14(17(21)22)10-15-13(5-3-6-18)11-20(16(12)15)8-4-7-19/h9-11H,2-8,18-19H2,1H3,(H,21,22). The first-order valence-electron chi connectivity index (χ1n) is 7.90. The van der Waals surface area contributed by atoms with Crippen molar-refractivity contribution in [2.45, 2.75) is 39.2 Å². The van der Waals surface area contributed by atoms with Crippen LogP contribution in [0, 0.1) is 0 Å². The lowest BCUT2D eigenvalue weighted by Gasteiger charge is -2.09. The van der Waals surface area contributed by atoms with Crippen LogP contribution in [0.5, 0.6) is 0 Å². The van der Waals surface area contributed by atoms with E-state index in [0.29, 0.717) is 18.7 Å². The maximum atomic E-state index is 11.4. The van der Waals surface area contributed by atoms with Gasteiger partial charge in [0.25, 0.3) is 0 Å². The van der Waals surface area contributed by atoms with Crippen LogP contribution in [-0.2, 0) is 19.4 Å². The topological polar surface area (TPSA) is 94.3 Å². The third-order valence-electron chi connectivity index (χ3n) is 4.01. The van der Waals surface area contributed by atoms with Gasteiger partial charge in [0, 0.05) is 18.1 Å². The third kappa shape index (κ3) is 3.31. The van der Waals surface area contributed by atoms with E-state index >= 15 is 0 Å². The van der Waals surface area contributed by atoms with Gasteiger partial charge in [0.05, 0.1) is 11.1 Å². The Labute approximate surface area is 130 Å². The van der Waals surface area contributed by atoms with E-state index in [9.17, 15) is 9.90 Å². The van der Waals surface area contributed by atoms with Crippen molar-refractivity contribution < 1.29 is 9.90 Å². The van der Waals surface area contributed by atoms with Crippen LogP contribution >= 0.6 is 0 Å². The number of aromatic nitrogens is 1. The van der Waals surface area contributed by atoms with Crippen LogP contribution < -0.4 is 11.5 Å². The van der Waals surface area contributed by atoms with E-state index in [4.69, 9.17) is 11.5 Å². The van der Waals surface area contributed by atoms with Gasteiger partial charge >= 0.3 is 5.97 Å². The van der Waals surface area contributed by atoms with Crippen molar-refractivity contribution in [1.29, 1.82) is 0 Å².